The van der Waals surface area contributed by atoms with Gasteiger partial charge >= 0.3 is 5.97 Å². The second-order valence-electron chi connectivity index (χ2n) is 5.48. The second kappa shape index (κ2) is 8.44. The van der Waals surface area contributed by atoms with E-state index >= 15 is 0 Å². The normalized spacial score (nSPS) is 10.4. The molecule has 0 aliphatic heterocycles. The van der Waals surface area contributed by atoms with E-state index in [9.17, 15) is 4.79 Å². The number of nitrogens with one attached hydrogen (secondary N) is 2. The summed E-state index contributed by atoms with van der Waals surface area (Å²) >= 11 is 8.56. The summed E-state index contributed by atoms with van der Waals surface area (Å²) in [6, 6.07) is 13.9. The van der Waals surface area contributed by atoms with Crippen LogP contribution in [0.5, 0.6) is 0 Å². The molecule has 134 valence electrons. The Kier molecular flexibility index (Phi) is 6.03. The van der Waals surface area contributed by atoms with Crippen LogP contribution in [-0.4, -0.2) is 18.2 Å². The van der Waals surface area contributed by atoms with Crippen molar-refractivity contribution in [3.63, 3.8) is 0 Å². The molecule has 0 saturated carbocycles. The fourth-order valence-corrected chi connectivity index (χ4v) is 4.56. The fraction of sp³-hybridized carbons (Fsp3) is 0.158. The summed E-state index contributed by atoms with van der Waals surface area (Å²) in [4.78, 5) is 14.7. The quantitative estimate of drug-likeness (QED) is 0.462. The molecule has 2 N–H and O–H groups in total. The maximum absolute atomic E-state index is 12.5. The number of thiocarbonyl (C=S) groups is 1. The minimum atomic E-state index is -0.378. The Balaban J connectivity index is 1.87. The second-order valence-corrected chi connectivity index (χ2v) is 8.15. The lowest BCUT2D eigenvalue weighted by Gasteiger charge is -2.11. The van der Waals surface area contributed by atoms with E-state index in [1.54, 1.807) is 11.3 Å². The number of esters is 1. The molecule has 2 aromatic heterocycles. The molecule has 4 nitrogen and oxygen atoms in total. The first-order valence-corrected chi connectivity index (χ1v) is 10.0. The van der Waals surface area contributed by atoms with Crippen LogP contribution in [0.15, 0.2) is 47.8 Å². The summed E-state index contributed by atoms with van der Waals surface area (Å²) in [6.07, 6.45) is 0. The van der Waals surface area contributed by atoms with Crippen molar-refractivity contribution in [1.82, 2.24) is 5.32 Å². The van der Waals surface area contributed by atoms with Crippen molar-refractivity contribution in [2.45, 2.75) is 13.5 Å². The number of rotatable bonds is 5. The molecule has 3 rings (SSSR count). The highest BCUT2D eigenvalue weighted by atomic mass is 32.1. The number of methoxy groups -OCH3 is 1. The van der Waals surface area contributed by atoms with Gasteiger partial charge < -0.3 is 15.4 Å². The highest BCUT2D eigenvalue weighted by molar-refractivity contribution is 7.80. The Morgan fingerprint density at radius 3 is 2.62 bits per heavy atom. The number of anilines is 1. The number of carbonyl (C=O) groups is 1. The molecule has 2 heterocycles. The molecule has 0 radical (unpaired) electrons. The molecule has 26 heavy (non-hydrogen) atoms. The van der Waals surface area contributed by atoms with E-state index in [4.69, 9.17) is 17.0 Å². The van der Waals surface area contributed by atoms with Gasteiger partial charge in [-0.1, -0.05) is 36.4 Å². The molecule has 0 fully saturated rings. The molecule has 0 amide bonds. The van der Waals surface area contributed by atoms with E-state index in [0.717, 1.165) is 16.0 Å². The van der Waals surface area contributed by atoms with Gasteiger partial charge in [0.15, 0.2) is 5.11 Å². The summed E-state index contributed by atoms with van der Waals surface area (Å²) < 4.78 is 5.02. The lowest BCUT2D eigenvalue weighted by atomic mass is 10.0. The van der Waals surface area contributed by atoms with Gasteiger partial charge in [0.1, 0.15) is 10.6 Å². The largest absolute Gasteiger partial charge is 0.465 e. The summed E-state index contributed by atoms with van der Waals surface area (Å²) in [5.74, 6) is -0.378. The average Bonchev–Trinajstić information content (AvgIpc) is 3.27. The van der Waals surface area contributed by atoms with Gasteiger partial charge in [0, 0.05) is 15.3 Å². The van der Waals surface area contributed by atoms with Crippen LogP contribution in [0.3, 0.4) is 0 Å². The number of hydrogen-bond donors (Lipinski definition) is 2. The van der Waals surface area contributed by atoms with E-state index in [-0.39, 0.29) is 5.97 Å². The van der Waals surface area contributed by atoms with Gasteiger partial charge in [0.25, 0.3) is 0 Å². The third-order valence-corrected chi connectivity index (χ3v) is 5.91. The Hall–Kier alpha value is -2.22. The lowest BCUT2D eigenvalue weighted by Crippen LogP contribution is -2.27. The standard InChI is InChI=1S/C19H18N2O2S3/c1-12-15(13-7-4-3-5-8-13)16(18(22)23-2)17(26-12)21-19(24)20-11-14-9-6-10-25-14/h3-10H,11H2,1-2H3,(H2,20,21,24). The first-order valence-electron chi connectivity index (χ1n) is 7.94. The first kappa shape index (κ1) is 18.6. The SMILES string of the molecule is COC(=O)c1c(NC(=S)NCc2cccs2)sc(C)c1-c1ccccc1. The van der Waals surface area contributed by atoms with Crippen LogP contribution >= 0.6 is 34.9 Å². The van der Waals surface area contributed by atoms with Crippen molar-refractivity contribution in [1.29, 1.82) is 0 Å². The van der Waals surface area contributed by atoms with Crippen LogP contribution in [0, 0.1) is 6.92 Å². The Labute approximate surface area is 165 Å². The van der Waals surface area contributed by atoms with Gasteiger partial charge in [-0.25, -0.2) is 4.79 Å². The zero-order chi connectivity index (χ0) is 18.5. The molecule has 1 aromatic carbocycles. The van der Waals surface area contributed by atoms with E-state index in [1.165, 1.54) is 23.3 Å². The minimum absolute atomic E-state index is 0.378. The highest BCUT2D eigenvalue weighted by Gasteiger charge is 2.24. The molecule has 0 bridgehead atoms. The smallest absolute Gasteiger partial charge is 0.341 e. The van der Waals surface area contributed by atoms with Gasteiger partial charge in [0.2, 0.25) is 0 Å². The summed E-state index contributed by atoms with van der Waals surface area (Å²) in [7, 11) is 1.39. The van der Waals surface area contributed by atoms with Gasteiger partial charge in [-0.2, -0.15) is 0 Å². The van der Waals surface area contributed by atoms with Gasteiger partial charge in [-0.05, 0) is 36.2 Å². The molecular formula is C19H18N2O2S3. The van der Waals surface area contributed by atoms with Crippen molar-refractivity contribution < 1.29 is 9.53 Å². The number of benzene rings is 1. The molecule has 0 atom stereocenters. The average molecular weight is 403 g/mol. The minimum Gasteiger partial charge on any atom is -0.465 e. The number of ether oxygens (including phenoxy) is 1. The van der Waals surface area contributed by atoms with E-state index < -0.39 is 0 Å². The molecule has 0 unspecified atom stereocenters. The van der Waals surface area contributed by atoms with E-state index in [1.807, 2.05) is 54.8 Å². The van der Waals surface area contributed by atoms with Crippen molar-refractivity contribution in [3.8, 4) is 11.1 Å². The van der Waals surface area contributed by atoms with Gasteiger partial charge in [-0.3, -0.25) is 0 Å². The number of hydrogen-bond acceptors (Lipinski definition) is 5. The summed E-state index contributed by atoms with van der Waals surface area (Å²) in [6.45, 7) is 2.64. The van der Waals surface area contributed by atoms with Crippen LogP contribution in [0.1, 0.15) is 20.1 Å². The van der Waals surface area contributed by atoms with Crippen LogP contribution < -0.4 is 10.6 Å². The maximum Gasteiger partial charge on any atom is 0.341 e. The van der Waals surface area contributed by atoms with Crippen molar-refractivity contribution in [2.75, 3.05) is 12.4 Å². The van der Waals surface area contributed by atoms with Crippen LogP contribution in [0.25, 0.3) is 11.1 Å². The monoisotopic (exact) mass is 402 g/mol. The number of thiophene rings is 2. The topological polar surface area (TPSA) is 50.4 Å². The van der Waals surface area contributed by atoms with Crippen molar-refractivity contribution >= 4 is 51.0 Å². The molecule has 0 saturated heterocycles. The predicted molar refractivity (Wildman–Crippen MR) is 113 cm³/mol. The van der Waals surface area contributed by atoms with Crippen molar-refractivity contribution in [3.05, 3.63) is 63.2 Å². The maximum atomic E-state index is 12.5. The van der Waals surface area contributed by atoms with Gasteiger partial charge in [0.05, 0.1) is 13.7 Å². The first-order chi connectivity index (χ1) is 12.6. The third-order valence-electron chi connectivity index (χ3n) is 3.77. The summed E-state index contributed by atoms with van der Waals surface area (Å²) in [5, 5.41) is 9.53. The molecule has 0 spiro atoms. The Morgan fingerprint density at radius 2 is 1.96 bits per heavy atom. The van der Waals surface area contributed by atoms with Crippen LogP contribution in [0.4, 0.5) is 5.00 Å². The number of carbonyl (C=O) groups excluding carboxylic acids is 1. The predicted octanol–water partition coefficient (Wildman–Crippen LogP) is 5.06. The number of aryl methyl sites for hydroxylation is 1. The van der Waals surface area contributed by atoms with Crippen LogP contribution in [-0.2, 0) is 11.3 Å². The molecule has 7 heteroatoms. The Bertz CT molecular complexity index is 903. The fourth-order valence-electron chi connectivity index (χ4n) is 2.61. The van der Waals surface area contributed by atoms with Crippen molar-refractivity contribution in [2.24, 2.45) is 0 Å². The molecular weight excluding hydrogens is 384 g/mol. The lowest BCUT2D eigenvalue weighted by molar-refractivity contribution is 0.0603. The molecule has 3 aromatic rings. The van der Waals surface area contributed by atoms with E-state index in [2.05, 4.69) is 10.6 Å². The molecule has 0 aliphatic rings. The zero-order valence-corrected chi connectivity index (χ0v) is 16.8. The van der Waals surface area contributed by atoms with Gasteiger partial charge in [-0.15, -0.1) is 22.7 Å². The zero-order valence-electron chi connectivity index (χ0n) is 14.4. The van der Waals surface area contributed by atoms with E-state index in [0.29, 0.717) is 22.2 Å². The molecule has 0 aliphatic carbocycles. The van der Waals surface area contributed by atoms with Crippen LogP contribution in [0.2, 0.25) is 0 Å². The highest BCUT2D eigenvalue weighted by Crippen LogP contribution is 2.40. The summed E-state index contributed by atoms with van der Waals surface area (Å²) in [5.41, 5.74) is 2.37. The Morgan fingerprint density at radius 1 is 1.19 bits per heavy atom. The third kappa shape index (κ3) is 4.12.